The lowest BCUT2D eigenvalue weighted by Gasteiger charge is -2.17. The molecule has 0 atom stereocenters. The van der Waals surface area contributed by atoms with Gasteiger partial charge in [-0.25, -0.2) is 0 Å². The summed E-state index contributed by atoms with van der Waals surface area (Å²) in [5.41, 5.74) is 0. The van der Waals surface area contributed by atoms with Crippen molar-refractivity contribution in [1.29, 1.82) is 0 Å². The zero-order chi connectivity index (χ0) is 18.1. The van der Waals surface area contributed by atoms with E-state index >= 15 is 0 Å². The van der Waals surface area contributed by atoms with Gasteiger partial charge in [0.05, 0.1) is 45.2 Å². The highest BCUT2D eigenvalue weighted by Gasteiger charge is 2.27. The molecule has 0 heterocycles. The van der Waals surface area contributed by atoms with E-state index in [9.17, 15) is 5.11 Å². The first-order chi connectivity index (χ1) is 11.1. The summed E-state index contributed by atoms with van der Waals surface area (Å²) in [6, 6.07) is 0. The van der Waals surface area contributed by atoms with Crippen LogP contribution >= 0.6 is 104 Å². The summed E-state index contributed by atoms with van der Waals surface area (Å²) in [6.07, 6.45) is 0. The van der Waals surface area contributed by atoms with Gasteiger partial charge >= 0.3 is 0 Å². The molecule has 10 heteroatoms. The third kappa shape index (κ3) is 2.52. The fourth-order valence-electron chi connectivity index (χ4n) is 2.37. The lowest BCUT2D eigenvalue weighted by Crippen LogP contribution is -1.90. The fourth-order valence-corrected chi connectivity index (χ4v) is 4.92. The van der Waals surface area contributed by atoms with E-state index in [0.717, 1.165) is 0 Å². The lowest BCUT2D eigenvalue weighted by molar-refractivity contribution is 0.488. The van der Waals surface area contributed by atoms with Crippen molar-refractivity contribution >= 4 is 126 Å². The monoisotopic (exact) mass is 500 g/mol. The zero-order valence-electron chi connectivity index (χ0n) is 10.8. The van der Waals surface area contributed by atoms with E-state index in [4.69, 9.17) is 104 Å². The molecule has 1 nitrogen and oxygen atoms in total. The van der Waals surface area contributed by atoms with Gasteiger partial charge in [-0.05, 0) is 0 Å². The molecule has 0 spiro atoms. The van der Waals surface area contributed by atoms with E-state index in [1.165, 1.54) is 0 Å². The number of phenols is 1. The van der Waals surface area contributed by atoms with Crippen molar-refractivity contribution in [3.8, 4) is 5.75 Å². The van der Waals surface area contributed by atoms with Crippen molar-refractivity contribution in [2.24, 2.45) is 0 Å². The standard InChI is InChI=1S/C14HCl9O/c15-5-1-3(8(18)12(22)10(20)6(1)16)14(24)4-2(5)7(17)11(21)13(23)9(4)19/h24H. The number of fused-ring (bicyclic) bond motifs is 2. The number of benzene rings is 3. The summed E-state index contributed by atoms with van der Waals surface area (Å²) in [5.74, 6) is -0.347. The number of aromatic hydroxyl groups is 1. The Labute approximate surface area is 180 Å². The van der Waals surface area contributed by atoms with Gasteiger partial charge in [0, 0.05) is 21.5 Å². The molecule has 0 radical (unpaired) electrons. The number of hydrogen-bond acceptors (Lipinski definition) is 1. The van der Waals surface area contributed by atoms with E-state index < -0.39 is 0 Å². The number of rotatable bonds is 0. The minimum Gasteiger partial charge on any atom is -0.507 e. The Morgan fingerprint density at radius 1 is 0.333 bits per heavy atom. The van der Waals surface area contributed by atoms with Crippen LogP contribution in [0, 0.1) is 0 Å². The van der Waals surface area contributed by atoms with Gasteiger partial charge in [-0.2, -0.15) is 0 Å². The largest absolute Gasteiger partial charge is 0.507 e. The van der Waals surface area contributed by atoms with Gasteiger partial charge in [-0.1, -0.05) is 104 Å². The Bertz CT molecular complexity index is 894. The summed E-state index contributed by atoms with van der Waals surface area (Å²) in [6.45, 7) is 0. The second kappa shape index (κ2) is 6.64. The van der Waals surface area contributed by atoms with Crippen LogP contribution in [-0.4, -0.2) is 5.11 Å². The fraction of sp³-hybridized carbons (Fsp3) is 0. The molecule has 0 aliphatic heterocycles. The first-order valence-corrected chi connectivity index (χ1v) is 9.33. The predicted octanol–water partition coefficient (Wildman–Crippen LogP) is 9.58. The van der Waals surface area contributed by atoms with Gasteiger partial charge in [0.25, 0.3) is 0 Å². The van der Waals surface area contributed by atoms with E-state index in [-0.39, 0.29) is 72.5 Å². The third-order valence-electron chi connectivity index (χ3n) is 3.45. The molecule has 0 unspecified atom stereocenters. The van der Waals surface area contributed by atoms with E-state index in [1.54, 1.807) is 0 Å². The molecule has 3 aromatic rings. The summed E-state index contributed by atoms with van der Waals surface area (Å²) in [4.78, 5) is 0. The molecule has 0 saturated heterocycles. The van der Waals surface area contributed by atoms with Crippen molar-refractivity contribution in [2.75, 3.05) is 0 Å². The maximum atomic E-state index is 10.7. The topological polar surface area (TPSA) is 20.2 Å². The Morgan fingerprint density at radius 2 is 0.583 bits per heavy atom. The van der Waals surface area contributed by atoms with Crippen LogP contribution in [0.4, 0.5) is 0 Å². The average Bonchev–Trinajstić information content (AvgIpc) is 2.55. The van der Waals surface area contributed by atoms with Crippen molar-refractivity contribution < 1.29 is 5.11 Å². The summed E-state index contributed by atoms with van der Waals surface area (Å²) >= 11 is 55.6. The second-order valence-electron chi connectivity index (χ2n) is 4.67. The molecule has 126 valence electrons. The van der Waals surface area contributed by atoms with Gasteiger partial charge in [0.1, 0.15) is 5.75 Å². The molecule has 3 rings (SSSR count). The molecule has 24 heavy (non-hydrogen) atoms. The molecule has 0 amide bonds. The number of hydrogen-bond donors (Lipinski definition) is 1. The van der Waals surface area contributed by atoms with Gasteiger partial charge < -0.3 is 5.11 Å². The first kappa shape index (κ1) is 19.4. The molecule has 0 fully saturated rings. The minimum atomic E-state index is -0.347. The normalized spacial score (nSPS) is 11.7. The van der Waals surface area contributed by atoms with Crippen LogP contribution in [0.1, 0.15) is 0 Å². The highest BCUT2D eigenvalue weighted by molar-refractivity contribution is 6.61. The van der Waals surface area contributed by atoms with Crippen LogP contribution in [0.5, 0.6) is 5.75 Å². The van der Waals surface area contributed by atoms with Gasteiger partial charge in [-0.15, -0.1) is 0 Å². The Hall–Kier alpha value is 0.590. The number of halogens is 9. The van der Waals surface area contributed by atoms with E-state index in [2.05, 4.69) is 0 Å². The van der Waals surface area contributed by atoms with Crippen LogP contribution in [0.3, 0.4) is 0 Å². The Kier molecular flexibility index (Phi) is 5.35. The molecule has 0 aromatic heterocycles. The molecule has 0 bridgehead atoms. The Balaban J connectivity index is 2.82. The summed E-state index contributed by atoms with van der Waals surface area (Å²) < 4.78 is 0. The van der Waals surface area contributed by atoms with Gasteiger partial charge in [0.15, 0.2) is 0 Å². The first-order valence-electron chi connectivity index (χ1n) is 5.92. The van der Waals surface area contributed by atoms with Gasteiger partial charge in [-0.3, -0.25) is 0 Å². The molecule has 0 aliphatic rings. The molecule has 1 N–H and O–H groups in total. The smallest absolute Gasteiger partial charge is 0.134 e. The SMILES string of the molecule is Oc1c2c(Cl)c(Cl)c(Cl)c(Cl)c2c(Cl)c2c(Cl)c(Cl)c(Cl)c(Cl)c12. The molecule has 0 aliphatic carbocycles. The summed E-state index contributed by atoms with van der Waals surface area (Å²) in [5, 5.41) is 11.1. The van der Waals surface area contributed by atoms with Crippen LogP contribution < -0.4 is 0 Å². The van der Waals surface area contributed by atoms with Crippen molar-refractivity contribution in [1.82, 2.24) is 0 Å². The van der Waals surface area contributed by atoms with Crippen molar-refractivity contribution in [3.05, 3.63) is 45.2 Å². The quantitative estimate of drug-likeness (QED) is 0.184. The van der Waals surface area contributed by atoms with Crippen molar-refractivity contribution in [2.45, 2.75) is 0 Å². The van der Waals surface area contributed by atoms with Gasteiger partial charge in [0.2, 0.25) is 0 Å². The highest BCUT2D eigenvalue weighted by atomic mass is 35.5. The third-order valence-corrected chi connectivity index (χ3v) is 7.43. The molecule has 0 saturated carbocycles. The molecule has 3 aromatic carbocycles. The maximum Gasteiger partial charge on any atom is 0.134 e. The van der Waals surface area contributed by atoms with Crippen LogP contribution in [0.2, 0.25) is 45.2 Å². The van der Waals surface area contributed by atoms with Crippen LogP contribution in [0.25, 0.3) is 21.5 Å². The van der Waals surface area contributed by atoms with Crippen molar-refractivity contribution in [3.63, 3.8) is 0 Å². The maximum absolute atomic E-state index is 10.7. The van der Waals surface area contributed by atoms with E-state index in [1.807, 2.05) is 0 Å². The van der Waals surface area contributed by atoms with E-state index in [0.29, 0.717) is 0 Å². The second-order valence-corrected chi connectivity index (χ2v) is 8.08. The predicted molar refractivity (Wildman–Crippen MR) is 108 cm³/mol. The lowest BCUT2D eigenvalue weighted by atomic mass is 10.0. The number of phenolic OH excluding ortho intramolecular Hbond substituents is 1. The zero-order valence-corrected chi connectivity index (χ0v) is 17.7. The average molecular weight is 504 g/mol. The highest BCUT2D eigenvalue weighted by Crippen LogP contribution is 2.56. The van der Waals surface area contributed by atoms with Crippen LogP contribution in [0.15, 0.2) is 0 Å². The molecular formula is C14HCl9O. The molecular weight excluding hydrogens is 503 g/mol. The minimum absolute atomic E-state index is 0.00142. The van der Waals surface area contributed by atoms with Crippen LogP contribution in [-0.2, 0) is 0 Å². The Morgan fingerprint density at radius 3 is 0.875 bits per heavy atom. The summed E-state index contributed by atoms with van der Waals surface area (Å²) in [7, 11) is 0.